The van der Waals surface area contributed by atoms with Gasteiger partial charge in [-0.2, -0.15) is 4.31 Å². The van der Waals surface area contributed by atoms with Crippen molar-refractivity contribution in [2.45, 2.75) is 11.4 Å². The maximum atomic E-state index is 13.6. The van der Waals surface area contributed by atoms with E-state index in [-0.39, 0.29) is 35.9 Å². The predicted molar refractivity (Wildman–Crippen MR) is 150 cm³/mol. The van der Waals surface area contributed by atoms with Crippen molar-refractivity contribution in [3.63, 3.8) is 0 Å². The third-order valence-electron chi connectivity index (χ3n) is 6.48. The Morgan fingerprint density at radius 2 is 1.70 bits per heavy atom. The zero-order valence-electron chi connectivity index (χ0n) is 22.1. The van der Waals surface area contributed by atoms with Crippen LogP contribution in [0, 0.1) is 20.2 Å². The van der Waals surface area contributed by atoms with Crippen molar-refractivity contribution >= 4 is 38.5 Å². The number of likely N-dealkylation sites (N-methyl/N-ethyl adjacent to an activating group) is 1. The molecular weight excluding hydrogens is 542 g/mol. The van der Waals surface area contributed by atoms with Gasteiger partial charge < -0.3 is 24.9 Å². The molecule has 14 nitrogen and oxygen atoms in total. The number of non-ortho nitro benzene ring substituents is 1. The fourth-order valence-corrected chi connectivity index (χ4v) is 5.95. The van der Waals surface area contributed by atoms with Crippen LogP contribution in [0.15, 0.2) is 64.1 Å². The smallest absolute Gasteiger partial charge is 0.292 e. The van der Waals surface area contributed by atoms with Gasteiger partial charge in [0.25, 0.3) is 11.4 Å². The van der Waals surface area contributed by atoms with Crippen molar-refractivity contribution in [3.05, 3.63) is 80.8 Å². The summed E-state index contributed by atoms with van der Waals surface area (Å²) in [6.07, 6.45) is 1.52. The summed E-state index contributed by atoms with van der Waals surface area (Å²) < 4.78 is 33.9. The van der Waals surface area contributed by atoms with Gasteiger partial charge in [-0.3, -0.25) is 20.2 Å². The molecule has 0 atom stereocenters. The molecule has 0 aliphatic carbocycles. The lowest BCUT2D eigenvalue weighted by atomic mass is 10.2. The molecule has 2 N–H and O–H groups in total. The molecule has 0 amide bonds. The van der Waals surface area contributed by atoms with E-state index >= 15 is 0 Å². The molecule has 0 spiro atoms. The van der Waals surface area contributed by atoms with Gasteiger partial charge >= 0.3 is 0 Å². The fourth-order valence-electron chi connectivity index (χ4n) is 4.34. The molecule has 0 unspecified atom stereocenters. The first-order chi connectivity index (χ1) is 19.1. The molecule has 1 fully saturated rings. The Morgan fingerprint density at radius 3 is 2.33 bits per heavy atom. The van der Waals surface area contributed by atoms with Crippen LogP contribution in [0.4, 0.5) is 28.4 Å². The molecule has 0 radical (unpaired) electrons. The number of furan rings is 1. The Hall–Kier alpha value is -4.21. The van der Waals surface area contributed by atoms with Gasteiger partial charge in [0.2, 0.25) is 10.0 Å². The number of piperazine rings is 1. The number of nitro benzene ring substituents is 2. The topological polar surface area (TPSA) is 167 Å². The molecule has 0 bridgehead atoms. The van der Waals surface area contributed by atoms with Crippen LogP contribution >= 0.6 is 0 Å². The molecule has 214 valence electrons. The molecule has 0 saturated carbocycles. The van der Waals surface area contributed by atoms with Gasteiger partial charge in [-0.15, -0.1) is 0 Å². The molecule has 3 aromatic rings. The predicted octanol–water partition coefficient (Wildman–Crippen LogP) is 3.19. The minimum absolute atomic E-state index is 0.0866. The van der Waals surface area contributed by atoms with Crippen molar-refractivity contribution in [2.24, 2.45) is 0 Å². The van der Waals surface area contributed by atoms with E-state index in [0.29, 0.717) is 49.0 Å². The minimum atomic E-state index is -4.05. The summed E-state index contributed by atoms with van der Waals surface area (Å²) in [5.74, 6) is 0.621. The molecule has 1 aliphatic rings. The van der Waals surface area contributed by atoms with Crippen molar-refractivity contribution in [2.75, 3.05) is 68.9 Å². The second-order valence-corrected chi connectivity index (χ2v) is 11.4. The van der Waals surface area contributed by atoms with Gasteiger partial charge in [-0.1, -0.05) is 0 Å². The number of nitrogens with one attached hydrogen (secondary N) is 2. The normalized spacial score (nSPS) is 14.3. The number of rotatable bonds is 12. The van der Waals surface area contributed by atoms with Crippen LogP contribution in [-0.2, 0) is 16.6 Å². The van der Waals surface area contributed by atoms with Crippen LogP contribution in [0.25, 0.3) is 0 Å². The van der Waals surface area contributed by atoms with Crippen molar-refractivity contribution in [1.82, 2.24) is 9.21 Å². The zero-order valence-corrected chi connectivity index (χ0v) is 23.0. The van der Waals surface area contributed by atoms with Crippen LogP contribution in [0.1, 0.15) is 5.76 Å². The van der Waals surface area contributed by atoms with Gasteiger partial charge in [-0.25, -0.2) is 8.42 Å². The van der Waals surface area contributed by atoms with Crippen molar-refractivity contribution in [3.8, 4) is 0 Å². The fraction of sp³-hybridized carbons (Fsp3) is 0.360. The Morgan fingerprint density at radius 1 is 0.950 bits per heavy atom. The van der Waals surface area contributed by atoms with E-state index in [1.165, 1.54) is 28.8 Å². The van der Waals surface area contributed by atoms with Gasteiger partial charge in [0.15, 0.2) is 0 Å². The number of hydrogen-bond acceptors (Lipinski definition) is 11. The zero-order chi connectivity index (χ0) is 28.9. The Balaban J connectivity index is 1.51. The van der Waals surface area contributed by atoms with E-state index in [1.54, 1.807) is 24.3 Å². The average molecular weight is 574 g/mol. The third-order valence-corrected chi connectivity index (χ3v) is 8.42. The highest BCUT2D eigenvalue weighted by atomic mass is 32.2. The molecule has 4 rings (SSSR count). The Labute approximate surface area is 231 Å². The second-order valence-electron chi connectivity index (χ2n) is 9.45. The third kappa shape index (κ3) is 6.67. The quantitative estimate of drug-likeness (QED) is 0.241. The van der Waals surface area contributed by atoms with Crippen LogP contribution in [0.5, 0.6) is 0 Å². The lowest BCUT2D eigenvalue weighted by molar-refractivity contribution is -0.385. The molecular formula is C25H31N7O7S. The van der Waals surface area contributed by atoms with Gasteiger partial charge in [0, 0.05) is 63.2 Å². The largest absolute Gasteiger partial charge is 0.467 e. The van der Waals surface area contributed by atoms with Crippen molar-refractivity contribution < 1.29 is 22.7 Å². The number of nitrogens with zero attached hydrogens (tertiary/aromatic N) is 5. The van der Waals surface area contributed by atoms with E-state index in [0.717, 1.165) is 6.07 Å². The number of anilines is 3. The molecule has 2 heterocycles. The highest BCUT2D eigenvalue weighted by Crippen LogP contribution is 2.33. The first kappa shape index (κ1) is 28.8. The van der Waals surface area contributed by atoms with E-state index in [9.17, 15) is 28.6 Å². The average Bonchev–Trinajstić information content (AvgIpc) is 3.45. The summed E-state index contributed by atoms with van der Waals surface area (Å²) in [4.78, 5) is 25.6. The van der Waals surface area contributed by atoms with E-state index in [2.05, 4.69) is 10.6 Å². The van der Waals surface area contributed by atoms with Gasteiger partial charge in [-0.05, 0) is 44.4 Å². The highest BCUT2D eigenvalue weighted by molar-refractivity contribution is 7.89. The van der Waals surface area contributed by atoms with Crippen LogP contribution in [0.2, 0.25) is 0 Å². The SMILES string of the molecule is CN(C)CCNc1ccc([N+](=O)[O-])cc1S(=O)(=O)N1CCN(c2ccc([N+](=O)[O-])c(NCc3ccco3)c2)CC1. The molecule has 15 heteroatoms. The lowest BCUT2D eigenvalue weighted by Gasteiger charge is -2.35. The van der Waals surface area contributed by atoms with Crippen LogP contribution < -0.4 is 15.5 Å². The monoisotopic (exact) mass is 573 g/mol. The molecule has 1 aromatic heterocycles. The highest BCUT2D eigenvalue weighted by Gasteiger charge is 2.32. The summed E-state index contributed by atoms with van der Waals surface area (Å²) >= 11 is 0. The van der Waals surface area contributed by atoms with Crippen molar-refractivity contribution in [1.29, 1.82) is 0 Å². The summed E-state index contributed by atoms with van der Waals surface area (Å²) in [7, 11) is -0.278. The Bertz CT molecular complexity index is 1450. The minimum Gasteiger partial charge on any atom is -0.467 e. The maximum absolute atomic E-state index is 13.6. The molecule has 2 aromatic carbocycles. The second kappa shape index (κ2) is 12.3. The Kier molecular flexibility index (Phi) is 8.86. The summed E-state index contributed by atoms with van der Waals surface area (Å²) in [6.45, 7) is 2.28. The lowest BCUT2D eigenvalue weighted by Crippen LogP contribution is -2.48. The first-order valence-corrected chi connectivity index (χ1v) is 14.0. The summed E-state index contributed by atoms with van der Waals surface area (Å²) in [6, 6.07) is 12.0. The molecule has 1 saturated heterocycles. The molecule has 40 heavy (non-hydrogen) atoms. The number of benzene rings is 2. The van der Waals surface area contributed by atoms with E-state index in [1.807, 2.05) is 23.9 Å². The first-order valence-electron chi connectivity index (χ1n) is 12.5. The molecule has 1 aliphatic heterocycles. The van der Waals surface area contributed by atoms with E-state index < -0.39 is 19.9 Å². The van der Waals surface area contributed by atoms with Crippen LogP contribution in [-0.4, -0.2) is 80.8 Å². The number of sulfonamides is 1. The standard InChI is InChI=1S/C25H31N7O7S/c1-28(2)10-9-26-22-7-5-20(31(33)34)17-25(22)40(37,38)30-13-11-29(12-14-30)19-6-8-24(32(35)36)23(16-19)27-18-21-4-3-15-39-21/h3-8,15-17,26-27H,9-14,18H2,1-2H3. The van der Waals surface area contributed by atoms with Crippen LogP contribution in [0.3, 0.4) is 0 Å². The van der Waals surface area contributed by atoms with Gasteiger partial charge in [0.05, 0.1) is 28.3 Å². The van der Waals surface area contributed by atoms with Gasteiger partial charge in [0.1, 0.15) is 16.3 Å². The number of nitro groups is 2. The maximum Gasteiger partial charge on any atom is 0.292 e. The van der Waals surface area contributed by atoms with E-state index in [4.69, 9.17) is 4.42 Å². The number of hydrogen-bond donors (Lipinski definition) is 2. The summed E-state index contributed by atoms with van der Waals surface area (Å²) in [5.41, 5.74) is 0.926. The summed E-state index contributed by atoms with van der Waals surface area (Å²) in [5, 5.41) is 29.1.